The lowest BCUT2D eigenvalue weighted by atomic mass is 9.92. The molecule has 0 spiro atoms. The number of fused-ring (bicyclic) bond motifs is 1. The topological polar surface area (TPSA) is 38.8 Å². The molecule has 0 amide bonds. The lowest BCUT2D eigenvalue weighted by Crippen LogP contribution is -2.36. The van der Waals surface area contributed by atoms with Gasteiger partial charge in [0.15, 0.2) is 6.29 Å². The standard InChI is InChI=1S/C19H21NO3/c1-20(2)11-15-13-22-18-10-6-4-8-16(18)19(15)23-17-9-5-3-7-14(17)12-21/h3-10,12,15,19H,11,13H2,1-2H3. The molecule has 2 atom stereocenters. The van der Waals surface area contributed by atoms with Crippen molar-refractivity contribution in [2.75, 3.05) is 27.2 Å². The van der Waals surface area contributed by atoms with Crippen LogP contribution in [0.1, 0.15) is 22.0 Å². The van der Waals surface area contributed by atoms with Crippen LogP contribution in [-0.2, 0) is 0 Å². The Kier molecular flexibility index (Phi) is 4.63. The molecule has 2 aromatic carbocycles. The summed E-state index contributed by atoms with van der Waals surface area (Å²) in [6.07, 6.45) is 0.699. The molecule has 2 unspecified atom stereocenters. The molecule has 0 bridgehead atoms. The summed E-state index contributed by atoms with van der Waals surface area (Å²) >= 11 is 0. The van der Waals surface area contributed by atoms with E-state index in [0.717, 1.165) is 24.1 Å². The van der Waals surface area contributed by atoms with Gasteiger partial charge < -0.3 is 14.4 Å². The fourth-order valence-electron chi connectivity index (χ4n) is 2.98. The van der Waals surface area contributed by atoms with Gasteiger partial charge in [-0.3, -0.25) is 4.79 Å². The minimum absolute atomic E-state index is 0.136. The largest absolute Gasteiger partial charge is 0.493 e. The number of para-hydroxylation sites is 2. The molecule has 1 heterocycles. The summed E-state index contributed by atoms with van der Waals surface area (Å²) in [6.45, 7) is 1.45. The number of nitrogens with zero attached hydrogens (tertiary/aromatic N) is 1. The molecule has 23 heavy (non-hydrogen) atoms. The third-order valence-electron chi connectivity index (χ3n) is 4.01. The second-order valence-electron chi connectivity index (χ2n) is 6.07. The van der Waals surface area contributed by atoms with Crippen molar-refractivity contribution in [2.24, 2.45) is 5.92 Å². The summed E-state index contributed by atoms with van der Waals surface area (Å²) in [5, 5.41) is 0. The van der Waals surface area contributed by atoms with E-state index in [1.54, 1.807) is 6.07 Å². The highest BCUT2D eigenvalue weighted by Gasteiger charge is 2.33. The second-order valence-corrected chi connectivity index (χ2v) is 6.07. The molecule has 0 fully saturated rings. The molecule has 0 aliphatic carbocycles. The number of rotatable bonds is 5. The van der Waals surface area contributed by atoms with Crippen molar-refractivity contribution in [2.45, 2.75) is 6.10 Å². The second kappa shape index (κ2) is 6.84. The highest BCUT2D eigenvalue weighted by Crippen LogP contribution is 2.39. The Balaban J connectivity index is 1.95. The van der Waals surface area contributed by atoms with Gasteiger partial charge in [0.1, 0.15) is 17.6 Å². The first-order chi connectivity index (χ1) is 11.2. The van der Waals surface area contributed by atoms with Crippen molar-refractivity contribution in [3.8, 4) is 11.5 Å². The Labute approximate surface area is 136 Å². The van der Waals surface area contributed by atoms with E-state index in [1.807, 2.05) is 56.6 Å². The predicted molar refractivity (Wildman–Crippen MR) is 89.2 cm³/mol. The van der Waals surface area contributed by atoms with Gasteiger partial charge >= 0.3 is 0 Å². The zero-order valence-corrected chi connectivity index (χ0v) is 13.4. The highest BCUT2D eigenvalue weighted by atomic mass is 16.5. The van der Waals surface area contributed by atoms with Gasteiger partial charge in [-0.25, -0.2) is 0 Å². The SMILES string of the molecule is CN(C)CC1COc2ccccc2C1Oc1ccccc1C=O. The van der Waals surface area contributed by atoms with Gasteiger partial charge in [-0.1, -0.05) is 30.3 Å². The number of hydrogen-bond donors (Lipinski definition) is 0. The van der Waals surface area contributed by atoms with Crippen molar-refractivity contribution in [1.29, 1.82) is 0 Å². The minimum Gasteiger partial charge on any atom is -0.493 e. The van der Waals surface area contributed by atoms with Crippen LogP contribution in [-0.4, -0.2) is 38.4 Å². The van der Waals surface area contributed by atoms with Crippen LogP contribution in [0.15, 0.2) is 48.5 Å². The molecule has 2 aromatic rings. The van der Waals surface area contributed by atoms with Gasteiger partial charge in [-0.05, 0) is 32.3 Å². The smallest absolute Gasteiger partial charge is 0.153 e. The highest BCUT2D eigenvalue weighted by molar-refractivity contribution is 5.79. The summed E-state index contributed by atoms with van der Waals surface area (Å²) in [4.78, 5) is 13.4. The molecule has 4 nitrogen and oxygen atoms in total. The maximum atomic E-state index is 11.3. The molecule has 0 saturated carbocycles. The van der Waals surface area contributed by atoms with E-state index < -0.39 is 0 Å². The summed E-state index contributed by atoms with van der Waals surface area (Å²) < 4.78 is 12.2. The summed E-state index contributed by atoms with van der Waals surface area (Å²) in [5.74, 6) is 1.67. The molecule has 0 aromatic heterocycles. The van der Waals surface area contributed by atoms with Crippen LogP contribution in [0.2, 0.25) is 0 Å². The monoisotopic (exact) mass is 311 g/mol. The van der Waals surface area contributed by atoms with Gasteiger partial charge in [0.25, 0.3) is 0 Å². The van der Waals surface area contributed by atoms with Crippen molar-refractivity contribution in [1.82, 2.24) is 4.90 Å². The van der Waals surface area contributed by atoms with Gasteiger partial charge in [-0.2, -0.15) is 0 Å². The zero-order valence-electron chi connectivity index (χ0n) is 13.4. The molecule has 1 aliphatic rings. The number of carbonyl (C=O) groups is 1. The summed E-state index contributed by atoms with van der Waals surface area (Å²) in [6, 6.07) is 15.3. The Hall–Kier alpha value is -2.33. The van der Waals surface area contributed by atoms with Crippen LogP contribution < -0.4 is 9.47 Å². The summed E-state index contributed by atoms with van der Waals surface area (Å²) in [5.41, 5.74) is 1.60. The first-order valence-corrected chi connectivity index (χ1v) is 7.76. The predicted octanol–water partition coefficient (Wildman–Crippen LogP) is 3.19. The molecule has 0 N–H and O–H groups in total. The van der Waals surface area contributed by atoms with E-state index in [-0.39, 0.29) is 12.0 Å². The fourth-order valence-corrected chi connectivity index (χ4v) is 2.98. The summed E-state index contributed by atoms with van der Waals surface area (Å²) in [7, 11) is 4.08. The normalized spacial score (nSPS) is 19.8. The van der Waals surface area contributed by atoms with E-state index >= 15 is 0 Å². The quantitative estimate of drug-likeness (QED) is 0.795. The third kappa shape index (κ3) is 3.37. The number of ether oxygens (including phenoxy) is 2. The molecule has 0 radical (unpaired) electrons. The van der Waals surface area contributed by atoms with E-state index in [4.69, 9.17) is 9.47 Å². The van der Waals surface area contributed by atoms with Crippen molar-refractivity contribution >= 4 is 6.29 Å². The van der Waals surface area contributed by atoms with Crippen LogP contribution in [0.5, 0.6) is 11.5 Å². The lowest BCUT2D eigenvalue weighted by molar-refractivity contribution is 0.0537. The van der Waals surface area contributed by atoms with Crippen LogP contribution in [0.4, 0.5) is 0 Å². The molecule has 3 rings (SSSR count). The number of aldehydes is 1. The van der Waals surface area contributed by atoms with E-state index in [1.165, 1.54) is 0 Å². The van der Waals surface area contributed by atoms with Gasteiger partial charge in [0, 0.05) is 18.0 Å². The molecule has 120 valence electrons. The fraction of sp³-hybridized carbons (Fsp3) is 0.316. The van der Waals surface area contributed by atoms with Gasteiger partial charge in [0.05, 0.1) is 12.2 Å². The molecular formula is C19H21NO3. The Morgan fingerprint density at radius 1 is 1.17 bits per heavy atom. The van der Waals surface area contributed by atoms with Gasteiger partial charge in [0.2, 0.25) is 0 Å². The Morgan fingerprint density at radius 3 is 2.70 bits per heavy atom. The lowest BCUT2D eigenvalue weighted by Gasteiger charge is -2.35. The Bertz CT molecular complexity index is 684. The third-order valence-corrected chi connectivity index (χ3v) is 4.01. The zero-order chi connectivity index (χ0) is 16.2. The average Bonchev–Trinajstić information content (AvgIpc) is 2.57. The number of hydrogen-bond acceptors (Lipinski definition) is 4. The Morgan fingerprint density at radius 2 is 1.91 bits per heavy atom. The van der Waals surface area contributed by atoms with Gasteiger partial charge in [-0.15, -0.1) is 0 Å². The number of benzene rings is 2. The first-order valence-electron chi connectivity index (χ1n) is 7.76. The molecule has 1 aliphatic heterocycles. The van der Waals surface area contributed by atoms with Crippen LogP contribution >= 0.6 is 0 Å². The van der Waals surface area contributed by atoms with E-state index in [9.17, 15) is 4.79 Å². The van der Waals surface area contributed by atoms with Crippen molar-refractivity contribution in [3.05, 3.63) is 59.7 Å². The van der Waals surface area contributed by atoms with E-state index in [0.29, 0.717) is 17.9 Å². The number of carbonyl (C=O) groups excluding carboxylic acids is 1. The molecule has 0 saturated heterocycles. The minimum atomic E-state index is -0.136. The maximum Gasteiger partial charge on any atom is 0.153 e. The average molecular weight is 311 g/mol. The first kappa shape index (κ1) is 15.6. The molecule has 4 heteroatoms. The maximum absolute atomic E-state index is 11.3. The van der Waals surface area contributed by atoms with E-state index in [2.05, 4.69) is 4.90 Å². The van der Waals surface area contributed by atoms with Crippen LogP contribution in [0.3, 0.4) is 0 Å². The van der Waals surface area contributed by atoms with Crippen molar-refractivity contribution in [3.63, 3.8) is 0 Å². The van der Waals surface area contributed by atoms with Crippen LogP contribution in [0, 0.1) is 5.92 Å². The van der Waals surface area contributed by atoms with Crippen molar-refractivity contribution < 1.29 is 14.3 Å². The van der Waals surface area contributed by atoms with Crippen LogP contribution in [0.25, 0.3) is 0 Å². The molecular weight excluding hydrogens is 290 g/mol.